The van der Waals surface area contributed by atoms with Crippen LogP contribution in [0, 0.1) is 0 Å². The van der Waals surface area contributed by atoms with Crippen LogP contribution in [-0.2, 0) is 0 Å². The molecule has 2 aromatic carbocycles. The average Bonchev–Trinajstić information content (AvgIpc) is 2.36. The van der Waals surface area contributed by atoms with Gasteiger partial charge in [0.15, 0.2) is 0 Å². The first-order valence-electron chi connectivity index (χ1n) is 5.20. The van der Waals surface area contributed by atoms with Crippen LogP contribution in [0.4, 0.5) is 0 Å². The van der Waals surface area contributed by atoms with Gasteiger partial charge in [-0.2, -0.15) is 0 Å². The minimum Gasteiger partial charge on any atom is -0.496 e. The zero-order valence-corrected chi connectivity index (χ0v) is 10.4. The summed E-state index contributed by atoms with van der Waals surface area (Å²) < 4.78 is 5.29. The predicted molar refractivity (Wildman–Crippen MR) is 71.8 cm³/mol. The van der Waals surface area contributed by atoms with Crippen LogP contribution in [0.3, 0.4) is 0 Å². The van der Waals surface area contributed by atoms with Crippen molar-refractivity contribution in [2.75, 3.05) is 13.7 Å². The fourth-order valence-corrected chi connectivity index (χ4v) is 1.89. The highest BCUT2D eigenvalue weighted by atomic mass is 35.5. The highest BCUT2D eigenvalue weighted by Gasteiger charge is 2.10. The molecule has 0 aliphatic rings. The van der Waals surface area contributed by atoms with E-state index in [4.69, 9.17) is 15.6 Å². The largest absolute Gasteiger partial charge is 0.496 e. The fourth-order valence-electron chi connectivity index (χ4n) is 1.89. The van der Waals surface area contributed by atoms with Crippen LogP contribution >= 0.6 is 12.4 Å². The number of ether oxygens (including phenoxy) is 1. The molecule has 17 heavy (non-hydrogen) atoms. The number of halogens is 1. The standard InChI is InChI=1S/C13H15NO2.ClH/c1-16-13-7-6-10(12(14)8-15)9-4-2-3-5-11(9)13;/h2-7,12,15H,8,14H2,1H3;1H/t12-;/m0./s1. The number of methoxy groups -OCH3 is 1. The minimum absolute atomic E-state index is 0. The van der Waals surface area contributed by atoms with E-state index in [-0.39, 0.29) is 25.1 Å². The van der Waals surface area contributed by atoms with Crippen LogP contribution in [0.25, 0.3) is 10.8 Å². The van der Waals surface area contributed by atoms with Gasteiger partial charge in [0.1, 0.15) is 5.75 Å². The molecule has 0 amide bonds. The van der Waals surface area contributed by atoms with E-state index in [1.54, 1.807) is 7.11 Å². The Morgan fingerprint density at radius 2 is 1.82 bits per heavy atom. The summed E-state index contributed by atoms with van der Waals surface area (Å²) in [6, 6.07) is 11.3. The molecule has 0 radical (unpaired) electrons. The number of hydrogen-bond donors (Lipinski definition) is 2. The molecule has 0 heterocycles. The molecule has 3 nitrogen and oxygen atoms in total. The highest BCUT2D eigenvalue weighted by molar-refractivity contribution is 5.91. The van der Waals surface area contributed by atoms with E-state index in [1.807, 2.05) is 36.4 Å². The molecular weight excluding hydrogens is 238 g/mol. The van der Waals surface area contributed by atoms with Gasteiger partial charge >= 0.3 is 0 Å². The van der Waals surface area contributed by atoms with Crippen molar-refractivity contribution in [3.63, 3.8) is 0 Å². The molecule has 0 unspecified atom stereocenters. The minimum atomic E-state index is -0.351. The number of fused-ring (bicyclic) bond motifs is 1. The van der Waals surface area contributed by atoms with Crippen LogP contribution in [0.15, 0.2) is 36.4 Å². The summed E-state index contributed by atoms with van der Waals surface area (Å²) in [4.78, 5) is 0. The molecule has 92 valence electrons. The second-order valence-electron chi connectivity index (χ2n) is 3.69. The van der Waals surface area contributed by atoms with E-state index in [9.17, 15) is 0 Å². The SMILES string of the molecule is COc1ccc([C@@H](N)CO)c2ccccc12.Cl. The molecule has 0 aliphatic heterocycles. The van der Waals surface area contributed by atoms with E-state index in [0.717, 1.165) is 22.1 Å². The summed E-state index contributed by atoms with van der Waals surface area (Å²) in [7, 11) is 1.65. The summed E-state index contributed by atoms with van der Waals surface area (Å²) in [6.45, 7) is -0.0592. The first kappa shape index (κ1) is 13.8. The number of rotatable bonds is 3. The predicted octanol–water partition coefficient (Wildman–Crippen LogP) is 2.26. The molecule has 4 heteroatoms. The van der Waals surface area contributed by atoms with Crippen LogP contribution in [-0.4, -0.2) is 18.8 Å². The lowest BCUT2D eigenvalue weighted by atomic mass is 9.99. The van der Waals surface area contributed by atoms with Gasteiger partial charge < -0.3 is 15.6 Å². The maximum Gasteiger partial charge on any atom is 0.126 e. The lowest BCUT2D eigenvalue weighted by molar-refractivity contribution is 0.268. The van der Waals surface area contributed by atoms with E-state index < -0.39 is 0 Å². The van der Waals surface area contributed by atoms with Crippen molar-refractivity contribution in [1.82, 2.24) is 0 Å². The Kier molecular flexibility index (Phi) is 4.75. The summed E-state index contributed by atoms with van der Waals surface area (Å²) in [5.41, 5.74) is 6.80. The van der Waals surface area contributed by atoms with Gasteiger partial charge in [-0.15, -0.1) is 12.4 Å². The number of aliphatic hydroxyl groups excluding tert-OH is 1. The van der Waals surface area contributed by atoms with Gasteiger partial charge in [-0.3, -0.25) is 0 Å². The van der Waals surface area contributed by atoms with Gasteiger partial charge in [0.05, 0.1) is 19.8 Å². The summed E-state index contributed by atoms with van der Waals surface area (Å²) in [5.74, 6) is 0.824. The quantitative estimate of drug-likeness (QED) is 0.882. The van der Waals surface area contributed by atoms with Crippen molar-refractivity contribution < 1.29 is 9.84 Å². The molecular formula is C13H16ClNO2. The fraction of sp³-hybridized carbons (Fsp3) is 0.231. The zero-order chi connectivity index (χ0) is 11.5. The van der Waals surface area contributed by atoms with Crippen molar-refractivity contribution in [3.05, 3.63) is 42.0 Å². The molecule has 0 aromatic heterocycles. The molecule has 0 spiro atoms. The molecule has 0 fully saturated rings. The number of benzene rings is 2. The Hall–Kier alpha value is -1.29. The summed E-state index contributed by atoms with van der Waals surface area (Å²) >= 11 is 0. The first-order valence-corrected chi connectivity index (χ1v) is 5.20. The number of aliphatic hydroxyl groups is 1. The molecule has 1 atom stereocenters. The van der Waals surface area contributed by atoms with E-state index in [0.29, 0.717) is 0 Å². The van der Waals surface area contributed by atoms with Crippen molar-refractivity contribution >= 4 is 23.2 Å². The smallest absolute Gasteiger partial charge is 0.126 e. The third-order valence-electron chi connectivity index (χ3n) is 2.73. The normalized spacial score (nSPS) is 11.9. The Morgan fingerprint density at radius 3 is 2.41 bits per heavy atom. The third kappa shape index (κ3) is 2.52. The summed E-state index contributed by atoms with van der Waals surface area (Å²) in [6.07, 6.45) is 0. The summed E-state index contributed by atoms with van der Waals surface area (Å²) in [5, 5.41) is 11.2. The van der Waals surface area contributed by atoms with E-state index in [1.165, 1.54) is 0 Å². The topological polar surface area (TPSA) is 55.5 Å². The second kappa shape index (κ2) is 5.87. The molecule has 3 N–H and O–H groups in total. The maximum absolute atomic E-state index is 9.12. The van der Waals surface area contributed by atoms with E-state index in [2.05, 4.69) is 0 Å². The zero-order valence-electron chi connectivity index (χ0n) is 9.59. The van der Waals surface area contributed by atoms with Crippen molar-refractivity contribution in [2.24, 2.45) is 5.73 Å². The van der Waals surface area contributed by atoms with Crippen LogP contribution in [0.2, 0.25) is 0 Å². The maximum atomic E-state index is 9.12. The third-order valence-corrected chi connectivity index (χ3v) is 2.73. The van der Waals surface area contributed by atoms with Crippen molar-refractivity contribution in [2.45, 2.75) is 6.04 Å². The first-order chi connectivity index (χ1) is 7.77. The van der Waals surface area contributed by atoms with Crippen LogP contribution in [0.5, 0.6) is 5.75 Å². The van der Waals surface area contributed by atoms with Gasteiger partial charge in [0.2, 0.25) is 0 Å². The Bertz CT molecular complexity index is 502. The lowest BCUT2D eigenvalue weighted by Gasteiger charge is -2.14. The number of nitrogens with two attached hydrogens (primary N) is 1. The molecule has 0 aliphatic carbocycles. The Labute approximate surface area is 107 Å². The van der Waals surface area contributed by atoms with Gasteiger partial charge in [-0.25, -0.2) is 0 Å². The Balaban J connectivity index is 0.00000144. The van der Waals surface area contributed by atoms with Gasteiger partial charge in [-0.05, 0) is 17.0 Å². The van der Waals surface area contributed by atoms with Gasteiger partial charge in [-0.1, -0.05) is 30.3 Å². The molecule has 2 rings (SSSR count). The highest BCUT2D eigenvalue weighted by Crippen LogP contribution is 2.30. The molecule has 0 saturated carbocycles. The average molecular weight is 254 g/mol. The number of hydrogen-bond acceptors (Lipinski definition) is 3. The van der Waals surface area contributed by atoms with Gasteiger partial charge in [0.25, 0.3) is 0 Å². The lowest BCUT2D eigenvalue weighted by Crippen LogP contribution is -2.14. The van der Waals surface area contributed by atoms with Crippen LogP contribution in [0.1, 0.15) is 11.6 Å². The monoisotopic (exact) mass is 253 g/mol. The van der Waals surface area contributed by atoms with Crippen molar-refractivity contribution in [1.29, 1.82) is 0 Å². The van der Waals surface area contributed by atoms with Gasteiger partial charge in [0, 0.05) is 5.39 Å². The molecule has 0 bridgehead atoms. The Morgan fingerprint density at radius 1 is 1.18 bits per heavy atom. The van der Waals surface area contributed by atoms with Crippen LogP contribution < -0.4 is 10.5 Å². The van der Waals surface area contributed by atoms with Crippen molar-refractivity contribution in [3.8, 4) is 5.75 Å². The molecule has 2 aromatic rings. The molecule has 0 saturated heterocycles. The second-order valence-corrected chi connectivity index (χ2v) is 3.69. The van der Waals surface area contributed by atoms with E-state index >= 15 is 0 Å².